The van der Waals surface area contributed by atoms with Gasteiger partial charge in [-0.25, -0.2) is 0 Å². The number of anilines is 1. The average molecular weight is 285 g/mol. The van der Waals surface area contributed by atoms with Crippen LogP contribution in [0.1, 0.15) is 0 Å². The number of thioether (sulfide) groups is 1. The van der Waals surface area contributed by atoms with Crippen LogP contribution in [0, 0.1) is 0 Å². The highest BCUT2D eigenvalue weighted by Crippen LogP contribution is 2.19. The second-order valence-electron chi connectivity index (χ2n) is 3.59. The third-order valence-corrected chi connectivity index (χ3v) is 3.34. The third-order valence-electron chi connectivity index (χ3n) is 2.25. The molecule has 7 heteroatoms. The first-order valence-corrected chi connectivity index (χ1v) is 6.45. The molecule has 1 aromatic carbocycles. The van der Waals surface area contributed by atoms with E-state index in [1.54, 1.807) is 24.3 Å². The van der Waals surface area contributed by atoms with Crippen molar-refractivity contribution in [1.29, 1.82) is 0 Å². The van der Waals surface area contributed by atoms with Crippen LogP contribution in [0.5, 0.6) is 0 Å². The molecule has 0 bridgehead atoms. The molecule has 1 aliphatic rings. The molecule has 0 radical (unpaired) electrons. The Balaban J connectivity index is 1.97. The Morgan fingerprint density at radius 3 is 2.83 bits per heavy atom. The second kappa shape index (κ2) is 5.41. The predicted octanol–water partition coefficient (Wildman–Crippen LogP) is 1.97. The van der Waals surface area contributed by atoms with E-state index in [9.17, 15) is 14.4 Å². The lowest BCUT2D eigenvalue weighted by molar-refractivity contribution is -0.128. The Hall–Kier alpha value is -1.53. The number of hydrogen-bond acceptors (Lipinski definition) is 4. The van der Waals surface area contributed by atoms with Gasteiger partial charge in [-0.2, -0.15) is 0 Å². The molecule has 94 valence electrons. The Kier molecular flexibility index (Phi) is 3.88. The summed E-state index contributed by atoms with van der Waals surface area (Å²) in [6.07, 6.45) is 0. The molecule has 0 spiro atoms. The van der Waals surface area contributed by atoms with Crippen molar-refractivity contribution in [1.82, 2.24) is 4.90 Å². The van der Waals surface area contributed by atoms with E-state index >= 15 is 0 Å². The van der Waals surface area contributed by atoms with Gasteiger partial charge in [-0.3, -0.25) is 19.3 Å². The van der Waals surface area contributed by atoms with Crippen molar-refractivity contribution in [2.24, 2.45) is 0 Å². The van der Waals surface area contributed by atoms with E-state index in [-0.39, 0.29) is 23.4 Å². The summed E-state index contributed by atoms with van der Waals surface area (Å²) in [4.78, 5) is 35.2. The molecule has 1 aliphatic heterocycles. The summed E-state index contributed by atoms with van der Waals surface area (Å²) in [6, 6.07) is 6.63. The highest BCUT2D eigenvalue weighted by Gasteiger charge is 2.31. The molecule has 3 amide bonds. The number of amides is 3. The molecule has 2 rings (SSSR count). The smallest absolute Gasteiger partial charge is 0.289 e. The van der Waals surface area contributed by atoms with Gasteiger partial charge in [0.1, 0.15) is 6.54 Å². The first-order valence-electron chi connectivity index (χ1n) is 5.09. The second-order valence-corrected chi connectivity index (χ2v) is 4.96. The minimum Gasteiger partial charge on any atom is -0.324 e. The summed E-state index contributed by atoms with van der Waals surface area (Å²) in [6.45, 7) is -0.267. The van der Waals surface area contributed by atoms with Crippen LogP contribution < -0.4 is 5.32 Å². The standard InChI is InChI=1S/C11H9ClN2O3S/c12-7-2-1-3-8(4-7)13-9(15)5-14-10(16)6-18-11(14)17/h1-4H,5-6H2,(H,13,15). The summed E-state index contributed by atoms with van der Waals surface area (Å²) >= 11 is 6.67. The van der Waals surface area contributed by atoms with E-state index in [1.165, 1.54) is 0 Å². The number of imide groups is 1. The Morgan fingerprint density at radius 2 is 2.22 bits per heavy atom. The van der Waals surface area contributed by atoms with Crippen LogP contribution in [0.3, 0.4) is 0 Å². The van der Waals surface area contributed by atoms with E-state index in [2.05, 4.69) is 5.32 Å². The third kappa shape index (κ3) is 3.02. The monoisotopic (exact) mass is 284 g/mol. The Bertz CT molecular complexity index is 505. The maximum atomic E-state index is 11.7. The molecule has 1 fully saturated rings. The van der Waals surface area contributed by atoms with Gasteiger partial charge in [0, 0.05) is 10.7 Å². The molecule has 0 aliphatic carbocycles. The fraction of sp³-hybridized carbons (Fsp3) is 0.182. The molecule has 5 nitrogen and oxygen atoms in total. The molecular formula is C11H9ClN2O3S. The lowest BCUT2D eigenvalue weighted by Crippen LogP contribution is -2.36. The number of rotatable bonds is 3. The van der Waals surface area contributed by atoms with Gasteiger partial charge < -0.3 is 5.32 Å². The van der Waals surface area contributed by atoms with Crippen molar-refractivity contribution < 1.29 is 14.4 Å². The van der Waals surface area contributed by atoms with Crippen LogP contribution in [0.4, 0.5) is 10.5 Å². The van der Waals surface area contributed by atoms with Crippen molar-refractivity contribution >= 4 is 46.1 Å². The topological polar surface area (TPSA) is 66.5 Å². The predicted molar refractivity (Wildman–Crippen MR) is 69.6 cm³/mol. The molecule has 0 atom stereocenters. The van der Waals surface area contributed by atoms with E-state index in [4.69, 9.17) is 11.6 Å². The normalized spacial score (nSPS) is 15.1. The summed E-state index contributed by atoms with van der Waals surface area (Å²) < 4.78 is 0. The van der Waals surface area contributed by atoms with Crippen LogP contribution >= 0.6 is 23.4 Å². The van der Waals surface area contributed by atoms with E-state index in [1.807, 2.05) is 0 Å². The Morgan fingerprint density at radius 1 is 1.44 bits per heavy atom. The zero-order valence-electron chi connectivity index (χ0n) is 9.18. The van der Waals surface area contributed by atoms with Crippen LogP contribution in [0.25, 0.3) is 0 Å². The van der Waals surface area contributed by atoms with E-state index in [0.29, 0.717) is 10.7 Å². The van der Waals surface area contributed by atoms with Gasteiger partial charge in [-0.05, 0) is 18.2 Å². The molecule has 1 heterocycles. The minimum absolute atomic E-state index is 0.100. The van der Waals surface area contributed by atoms with Gasteiger partial charge in [-0.15, -0.1) is 0 Å². The van der Waals surface area contributed by atoms with Gasteiger partial charge >= 0.3 is 0 Å². The van der Waals surface area contributed by atoms with Gasteiger partial charge in [-0.1, -0.05) is 29.4 Å². The van der Waals surface area contributed by atoms with Gasteiger partial charge in [0.15, 0.2) is 0 Å². The zero-order chi connectivity index (χ0) is 13.1. The Labute approximate surface area is 112 Å². The van der Waals surface area contributed by atoms with E-state index < -0.39 is 5.91 Å². The number of carbonyl (C=O) groups excluding carboxylic acids is 3. The molecule has 1 N–H and O–H groups in total. The SMILES string of the molecule is O=C(CN1C(=O)CSC1=O)Nc1cccc(Cl)c1. The van der Waals surface area contributed by atoms with E-state index in [0.717, 1.165) is 16.7 Å². The quantitative estimate of drug-likeness (QED) is 0.921. The molecule has 1 aromatic rings. The van der Waals surface area contributed by atoms with Crippen molar-refractivity contribution in [3.05, 3.63) is 29.3 Å². The van der Waals surface area contributed by atoms with Crippen LogP contribution in [-0.4, -0.2) is 34.3 Å². The summed E-state index contributed by atoms with van der Waals surface area (Å²) in [7, 11) is 0. The molecule has 0 unspecified atom stereocenters. The number of hydrogen-bond donors (Lipinski definition) is 1. The fourth-order valence-corrected chi connectivity index (χ4v) is 2.36. The highest BCUT2D eigenvalue weighted by atomic mass is 35.5. The minimum atomic E-state index is -0.429. The largest absolute Gasteiger partial charge is 0.324 e. The summed E-state index contributed by atoms with van der Waals surface area (Å²) in [5.41, 5.74) is 0.527. The van der Waals surface area contributed by atoms with Gasteiger partial charge in [0.2, 0.25) is 11.8 Å². The fourth-order valence-electron chi connectivity index (χ4n) is 1.44. The van der Waals surface area contributed by atoms with Crippen LogP contribution in [0.2, 0.25) is 5.02 Å². The molecule has 18 heavy (non-hydrogen) atoms. The lowest BCUT2D eigenvalue weighted by atomic mass is 10.3. The number of benzene rings is 1. The molecular weight excluding hydrogens is 276 g/mol. The molecule has 0 aromatic heterocycles. The first-order chi connectivity index (χ1) is 8.56. The maximum absolute atomic E-state index is 11.7. The number of carbonyl (C=O) groups is 3. The van der Waals surface area contributed by atoms with Crippen LogP contribution in [-0.2, 0) is 9.59 Å². The number of halogens is 1. The lowest BCUT2D eigenvalue weighted by Gasteiger charge is -2.12. The van der Waals surface area contributed by atoms with Gasteiger partial charge in [0.05, 0.1) is 5.75 Å². The maximum Gasteiger partial charge on any atom is 0.289 e. The van der Waals surface area contributed by atoms with Crippen molar-refractivity contribution in [2.45, 2.75) is 0 Å². The molecule has 0 saturated carbocycles. The summed E-state index contributed by atoms with van der Waals surface area (Å²) in [5, 5.41) is 2.68. The van der Waals surface area contributed by atoms with Crippen LogP contribution in [0.15, 0.2) is 24.3 Å². The number of nitrogens with one attached hydrogen (secondary N) is 1. The van der Waals surface area contributed by atoms with Crippen molar-refractivity contribution in [2.75, 3.05) is 17.6 Å². The highest BCUT2D eigenvalue weighted by molar-refractivity contribution is 8.14. The first kappa shape index (κ1) is 12.9. The van der Waals surface area contributed by atoms with Gasteiger partial charge in [0.25, 0.3) is 5.24 Å². The van der Waals surface area contributed by atoms with Crippen molar-refractivity contribution in [3.63, 3.8) is 0 Å². The zero-order valence-corrected chi connectivity index (χ0v) is 10.8. The summed E-state index contributed by atoms with van der Waals surface area (Å²) in [5.74, 6) is -0.670. The van der Waals surface area contributed by atoms with Crippen molar-refractivity contribution in [3.8, 4) is 0 Å². The average Bonchev–Trinajstić information content (AvgIpc) is 2.61. The number of nitrogens with zero attached hydrogens (tertiary/aromatic N) is 1. The molecule has 1 saturated heterocycles.